The van der Waals surface area contributed by atoms with Crippen molar-refractivity contribution in [2.75, 3.05) is 0 Å². The highest BCUT2D eigenvalue weighted by Gasteiger charge is 2.12. The van der Waals surface area contributed by atoms with E-state index in [1.807, 2.05) is 22.9 Å². The van der Waals surface area contributed by atoms with E-state index in [0.29, 0.717) is 6.67 Å². The summed E-state index contributed by atoms with van der Waals surface area (Å²) in [6, 6.07) is 22.9. The molecule has 0 N–H and O–H groups in total. The van der Waals surface area contributed by atoms with Crippen LogP contribution in [0.5, 0.6) is 0 Å². The molecule has 5 rings (SSSR count). The number of halogens is 1. The highest BCUT2D eigenvalue weighted by molar-refractivity contribution is 9.10. The molecule has 0 fully saturated rings. The lowest BCUT2D eigenvalue weighted by Crippen LogP contribution is -2.09. The van der Waals surface area contributed by atoms with Crippen LogP contribution < -0.4 is 0 Å². The fourth-order valence-corrected chi connectivity index (χ4v) is 3.70. The molecule has 5 aromatic rings. The average Bonchev–Trinajstić information content (AvgIpc) is 3.16. The molecule has 0 bridgehead atoms. The molecule has 0 spiro atoms. The van der Waals surface area contributed by atoms with Gasteiger partial charge in [-0.15, -0.1) is 5.10 Å². The van der Waals surface area contributed by atoms with Gasteiger partial charge in [0.2, 0.25) is 0 Å². The van der Waals surface area contributed by atoms with E-state index in [2.05, 4.69) is 79.3 Å². The zero-order chi connectivity index (χ0) is 16.1. The monoisotopic (exact) mass is 376 g/mol. The first-order valence-electron chi connectivity index (χ1n) is 7.76. The summed E-state index contributed by atoms with van der Waals surface area (Å²) in [5, 5.41) is 11.1. The molecule has 2 aromatic heterocycles. The average molecular weight is 377 g/mol. The van der Waals surface area contributed by atoms with Crippen LogP contribution >= 0.6 is 15.9 Å². The third-order valence-electron chi connectivity index (χ3n) is 4.43. The van der Waals surface area contributed by atoms with Crippen molar-refractivity contribution in [3.8, 4) is 0 Å². The van der Waals surface area contributed by atoms with Crippen molar-refractivity contribution in [3.63, 3.8) is 0 Å². The standard InChI is InChI=1S/C19H13BrN4/c20-13-9-10-18-15(11-13)14-5-1-3-7-17(14)23(18)12-24-19-8-4-2-6-16(19)21-22-24/h1-11H,12H2. The first-order chi connectivity index (χ1) is 11.8. The van der Waals surface area contributed by atoms with Gasteiger partial charge in [0.25, 0.3) is 0 Å². The fourth-order valence-electron chi connectivity index (χ4n) is 3.33. The number of nitrogens with zero attached hydrogens (tertiary/aromatic N) is 4. The zero-order valence-corrected chi connectivity index (χ0v) is 14.3. The van der Waals surface area contributed by atoms with Gasteiger partial charge in [-0.3, -0.25) is 0 Å². The third kappa shape index (κ3) is 1.98. The molecule has 3 aromatic carbocycles. The smallest absolute Gasteiger partial charge is 0.119 e. The number of benzene rings is 3. The van der Waals surface area contributed by atoms with E-state index < -0.39 is 0 Å². The normalized spacial score (nSPS) is 11.7. The summed E-state index contributed by atoms with van der Waals surface area (Å²) in [6.07, 6.45) is 0. The van der Waals surface area contributed by atoms with Gasteiger partial charge in [-0.05, 0) is 36.4 Å². The maximum atomic E-state index is 4.34. The van der Waals surface area contributed by atoms with Gasteiger partial charge in [0, 0.05) is 15.2 Å². The largest absolute Gasteiger partial charge is 0.320 e. The highest BCUT2D eigenvalue weighted by Crippen LogP contribution is 2.31. The van der Waals surface area contributed by atoms with Crippen LogP contribution in [-0.2, 0) is 6.67 Å². The Bertz CT molecular complexity index is 1200. The Hall–Kier alpha value is -2.66. The number of aromatic nitrogens is 4. The van der Waals surface area contributed by atoms with Crippen molar-refractivity contribution in [3.05, 3.63) is 71.2 Å². The van der Waals surface area contributed by atoms with E-state index in [1.54, 1.807) is 0 Å². The summed E-state index contributed by atoms with van der Waals surface area (Å²) in [5.74, 6) is 0. The third-order valence-corrected chi connectivity index (χ3v) is 4.92. The number of hydrogen-bond acceptors (Lipinski definition) is 2. The van der Waals surface area contributed by atoms with Crippen LogP contribution in [0.15, 0.2) is 71.2 Å². The molecule has 0 atom stereocenters. The van der Waals surface area contributed by atoms with Crippen LogP contribution in [0.4, 0.5) is 0 Å². The van der Waals surface area contributed by atoms with Gasteiger partial charge in [0.15, 0.2) is 0 Å². The van der Waals surface area contributed by atoms with Crippen LogP contribution in [-0.4, -0.2) is 19.6 Å². The number of rotatable bonds is 2. The topological polar surface area (TPSA) is 35.6 Å². The van der Waals surface area contributed by atoms with E-state index in [9.17, 15) is 0 Å². The van der Waals surface area contributed by atoms with E-state index in [-0.39, 0.29) is 0 Å². The minimum absolute atomic E-state index is 0.631. The van der Waals surface area contributed by atoms with Crippen molar-refractivity contribution in [1.29, 1.82) is 0 Å². The van der Waals surface area contributed by atoms with Gasteiger partial charge in [0.1, 0.15) is 12.2 Å². The first kappa shape index (κ1) is 13.7. The molecule has 0 amide bonds. The predicted molar refractivity (Wildman–Crippen MR) is 100 cm³/mol. The van der Waals surface area contributed by atoms with Gasteiger partial charge in [-0.1, -0.05) is 51.5 Å². The summed E-state index contributed by atoms with van der Waals surface area (Å²) in [4.78, 5) is 0. The minimum atomic E-state index is 0.631. The van der Waals surface area contributed by atoms with E-state index in [4.69, 9.17) is 0 Å². The molecule has 116 valence electrons. The molecule has 0 aliphatic rings. The van der Waals surface area contributed by atoms with Gasteiger partial charge in [-0.25, -0.2) is 4.68 Å². The molecular formula is C19H13BrN4. The van der Waals surface area contributed by atoms with Crippen LogP contribution in [0.2, 0.25) is 0 Å². The van der Waals surface area contributed by atoms with Crippen molar-refractivity contribution in [2.24, 2.45) is 0 Å². The summed E-state index contributed by atoms with van der Waals surface area (Å²) < 4.78 is 5.32. The van der Waals surface area contributed by atoms with E-state index >= 15 is 0 Å². The Morgan fingerprint density at radius 1 is 0.792 bits per heavy atom. The summed E-state index contributed by atoms with van der Waals surface area (Å²) in [6.45, 7) is 0.631. The molecule has 0 unspecified atom stereocenters. The fraction of sp³-hybridized carbons (Fsp3) is 0.0526. The number of fused-ring (bicyclic) bond motifs is 4. The van der Waals surface area contributed by atoms with Gasteiger partial charge >= 0.3 is 0 Å². The molecular weight excluding hydrogens is 364 g/mol. The lowest BCUT2D eigenvalue weighted by Gasteiger charge is -2.08. The minimum Gasteiger partial charge on any atom is -0.320 e. The molecule has 2 heterocycles. The second-order valence-corrected chi connectivity index (χ2v) is 6.74. The molecule has 4 nitrogen and oxygen atoms in total. The molecule has 0 radical (unpaired) electrons. The lowest BCUT2D eigenvalue weighted by atomic mass is 10.2. The van der Waals surface area contributed by atoms with Crippen LogP contribution in [0.3, 0.4) is 0 Å². The van der Waals surface area contributed by atoms with Gasteiger partial charge in [-0.2, -0.15) is 0 Å². The van der Waals surface area contributed by atoms with Crippen LogP contribution in [0.25, 0.3) is 32.8 Å². The zero-order valence-electron chi connectivity index (χ0n) is 12.7. The Kier molecular flexibility index (Phi) is 2.97. The summed E-state index contributed by atoms with van der Waals surface area (Å²) >= 11 is 3.58. The molecule has 0 aliphatic heterocycles. The Morgan fingerprint density at radius 2 is 1.54 bits per heavy atom. The van der Waals surface area contributed by atoms with Gasteiger partial charge < -0.3 is 4.57 Å². The second-order valence-electron chi connectivity index (χ2n) is 5.83. The second kappa shape index (κ2) is 5.18. The van der Waals surface area contributed by atoms with Crippen molar-refractivity contribution >= 4 is 48.8 Å². The SMILES string of the molecule is Brc1ccc2c(c1)c1ccccc1n2Cn1nnc2ccccc21. The van der Waals surface area contributed by atoms with E-state index in [1.165, 1.54) is 21.8 Å². The number of hydrogen-bond donors (Lipinski definition) is 0. The highest BCUT2D eigenvalue weighted by atomic mass is 79.9. The number of para-hydroxylation sites is 2. The van der Waals surface area contributed by atoms with Crippen LogP contribution in [0, 0.1) is 0 Å². The molecule has 5 heteroatoms. The molecule has 0 saturated carbocycles. The van der Waals surface area contributed by atoms with Crippen LogP contribution in [0.1, 0.15) is 0 Å². The Labute approximate surface area is 146 Å². The van der Waals surface area contributed by atoms with Gasteiger partial charge in [0.05, 0.1) is 16.6 Å². The van der Waals surface area contributed by atoms with Crippen molar-refractivity contribution < 1.29 is 0 Å². The first-order valence-corrected chi connectivity index (χ1v) is 8.55. The quantitative estimate of drug-likeness (QED) is 0.443. The predicted octanol–water partition coefficient (Wildman–Crippen LogP) is 4.81. The molecule has 0 aliphatic carbocycles. The van der Waals surface area contributed by atoms with E-state index in [0.717, 1.165) is 15.5 Å². The maximum Gasteiger partial charge on any atom is 0.119 e. The summed E-state index contributed by atoms with van der Waals surface area (Å²) in [7, 11) is 0. The summed E-state index contributed by atoms with van der Waals surface area (Å²) in [5.41, 5.74) is 4.35. The maximum absolute atomic E-state index is 4.34. The molecule has 24 heavy (non-hydrogen) atoms. The van der Waals surface area contributed by atoms with Crippen molar-refractivity contribution in [2.45, 2.75) is 6.67 Å². The Morgan fingerprint density at radius 3 is 2.46 bits per heavy atom. The molecule has 0 saturated heterocycles. The lowest BCUT2D eigenvalue weighted by molar-refractivity contribution is 0.568. The Balaban J connectivity index is 1.79. The van der Waals surface area contributed by atoms with Crippen molar-refractivity contribution in [1.82, 2.24) is 19.6 Å².